The van der Waals surface area contributed by atoms with E-state index in [0.717, 1.165) is 33.3 Å². The maximum Gasteiger partial charge on any atom is 0.418 e. The van der Waals surface area contributed by atoms with Gasteiger partial charge in [0.1, 0.15) is 16.8 Å². The molecule has 7 rings (SSSR count). The molecule has 4 aromatic carbocycles. The molecule has 0 aliphatic rings. The van der Waals surface area contributed by atoms with E-state index >= 15 is 0 Å². The lowest BCUT2D eigenvalue weighted by molar-refractivity contribution is -0.136. The molecule has 0 fully saturated rings. The lowest BCUT2D eigenvalue weighted by atomic mass is 10.1. The molecule has 172 valence electrons. The molecule has 35 heavy (non-hydrogen) atoms. The minimum absolute atomic E-state index is 0.114. The van der Waals surface area contributed by atoms with Gasteiger partial charge in [-0.1, -0.05) is 36.4 Å². The van der Waals surface area contributed by atoms with Crippen molar-refractivity contribution in [1.29, 1.82) is 0 Å². The number of benzene rings is 4. The third-order valence-electron chi connectivity index (χ3n) is 6.49. The van der Waals surface area contributed by atoms with Crippen molar-refractivity contribution >= 4 is 61.2 Å². The molecule has 7 aromatic rings. The molecular weight excluding hydrogens is 475 g/mol. The van der Waals surface area contributed by atoms with Crippen LogP contribution in [0.1, 0.15) is 11.1 Å². The molecule has 0 saturated carbocycles. The van der Waals surface area contributed by atoms with Crippen molar-refractivity contribution in [3.05, 3.63) is 89.1 Å². The zero-order valence-corrected chi connectivity index (χ0v) is 18.9. The Morgan fingerprint density at radius 2 is 1.63 bits per heavy atom. The number of furan rings is 1. The van der Waals surface area contributed by atoms with Crippen LogP contribution in [0.15, 0.2) is 77.2 Å². The van der Waals surface area contributed by atoms with E-state index in [1.165, 1.54) is 0 Å². The van der Waals surface area contributed by atoms with Gasteiger partial charge in [-0.2, -0.15) is 13.2 Å². The first-order chi connectivity index (χ1) is 16.8. The molecule has 3 aromatic heterocycles. The number of aromatic nitrogens is 3. The molecule has 0 aliphatic carbocycles. The number of aryl methyl sites for hydroxylation is 1. The Morgan fingerprint density at radius 3 is 2.40 bits per heavy atom. The van der Waals surface area contributed by atoms with Crippen molar-refractivity contribution in [2.75, 3.05) is 0 Å². The van der Waals surface area contributed by atoms with Crippen LogP contribution in [0.5, 0.6) is 0 Å². The molecule has 0 unspecified atom stereocenters. The van der Waals surface area contributed by atoms with Crippen LogP contribution in [-0.2, 0) is 6.18 Å². The van der Waals surface area contributed by atoms with E-state index in [0.29, 0.717) is 28.1 Å². The van der Waals surface area contributed by atoms with E-state index < -0.39 is 11.7 Å². The fourth-order valence-corrected chi connectivity index (χ4v) is 5.39. The van der Waals surface area contributed by atoms with E-state index in [1.807, 2.05) is 54.6 Å². The van der Waals surface area contributed by atoms with Crippen molar-refractivity contribution in [2.45, 2.75) is 13.1 Å². The Kier molecular flexibility index (Phi) is 3.96. The van der Waals surface area contributed by atoms with Crippen molar-refractivity contribution in [2.24, 2.45) is 0 Å². The highest BCUT2D eigenvalue weighted by molar-refractivity contribution is 6.32. The first kappa shape index (κ1) is 20.4. The van der Waals surface area contributed by atoms with Gasteiger partial charge in [-0.05, 0) is 65.9 Å². The summed E-state index contributed by atoms with van der Waals surface area (Å²) in [6.45, 7) is 1.66. The number of hydrogen-bond acceptors (Lipinski definition) is 2. The van der Waals surface area contributed by atoms with E-state index in [2.05, 4.69) is 4.98 Å². The summed E-state index contributed by atoms with van der Waals surface area (Å²) in [4.78, 5) is 4.60. The summed E-state index contributed by atoms with van der Waals surface area (Å²) in [7, 11) is 0. The van der Waals surface area contributed by atoms with Crippen molar-refractivity contribution in [3.8, 4) is 5.69 Å². The zero-order valence-electron chi connectivity index (χ0n) is 18.2. The molecule has 0 N–H and O–H groups in total. The van der Waals surface area contributed by atoms with Gasteiger partial charge in [0.25, 0.3) is 0 Å². The van der Waals surface area contributed by atoms with Crippen LogP contribution in [0.25, 0.3) is 55.3 Å². The minimum Gasteiger partial charge on any atom is -0.442 e. The first-order valence-corrected chi connectivity index (χ1v) is 11.3. The largest absolute Gasteiger partial charge is 0.442 e. The number of para-hydroxylation sites is 1. The van der Waals surface area contributed by atoms with Crippen LogP contribution in [-0.4, -0.2) is 14.0 Å². The maximum atomic E-state index is 14.1. The molecule has 4 nitrogen and oxygen atoms in total. The lowest BCUT2D eigenvalue weighted by Gasteiger charge is -2.16. The van der Waals surface area contributed by atoms with Crippen molar-refractivity contribution < 1.29 is 17.6 Å². The predicted molar refractivity (Wildman–Crippen MR) is 132 cm³/mol. The van der Waals surface area contributed by atoms with Crippen LogP contribution in [0.4, 0.5) is 13.2 Å². The summed E-state index contributed by atoms with van der Waals surface area (Å²) in [5.41, 5.74) is 2.62. The monoisotopic (exact) mass is 489 g/mol. The molecule has 0 bridgehead atoms. The van der Waals surface area contributed by atoms with Gasteiger partial charge < -0.3 is 4.42 Å². The third kappa shape index (κ3) is 2.73. The van der Waals surface area contributed by atoms with Crippen LogP contribution in [0, 0.1) is 6.92 Å². The number of fused-ring (bicyclic) bond motifs is 5. The van der Waals surface area contributed by atoms with E-state index in [-0.39, 0.29) is 10.7 Å². The number of halogens is 4. The second-order valence-electron chi connectivity index (χ2n) is 8.63. The summed E-state index contributed by atoms with van der Waals surface area (Å²) >= 11 is 6.63. The van der Waals surface area contributed by atoms with Gasteiger partial charge in [0.05, 0.1) is 22.1 Å². The Labute approximate surface area is 200 Å². The Bertz CT molecular complexity index is 1970. The second kappa shape index (κ2) is 6.79. The average molecular weight is 490 g/mol. The number of alkyl halides is 3. The fourth-order valence-electron chi connectivity index (χ4n) is 5.12. The van der Waals surface area contributed by atoms with Crippen LogP contribution in [0.2, 0.25) is 5.22 Å². The number of rotatable bonds is 1. The average Bonchev–Trinajstić information content (AvgIpc) is 3.36. The summed E-state index contributed by atoms with van der Waals surface area (Å²) in [6, 6.07) is 21.8. The quantitative estimate of drug-likeness (QED) is 0.232. The highest BCUT2D eigenvalue weighted by atomic mass is 35.5. The molecule has 0 atom stereocenters. The predicted octanol–water partition coefficient (Wildman–Crippen LogP) is 8.31. The molecule has 0 aliphatic heterocycles. The van der Waals surface area contributed by atoms with Gasteiger partial charge in [-0.25, -0.2) is 4.98 Å². The number of nitrogens with zero attached hydrogens (tertiary/aromatic N) is 3. The number of imidazole rings is 1. The lowest BCUT2D eigenvalue weighted by Crippen LogP contribution is -2.06. The first-order valence-electron chi connectivity index (χ1n) is 10.9. The highest BCUT2D eigenvalue weighted by Gasteiger charge is 2.35. The zero-order chi connectivity index (χ0) is 24.1. The summed E-state index contributed by atoms with van der Waals surface area (Å²) < 4.78 is 51.7. The van der Waals surface area contributed by atoms with Crippen LogP contribution < -0.4 is 0 Å². The van der Waals surface area contributed by atoms with E-state index in [9.17, 15) is 13.2 Å². The molecule has 3 heterocycles. The van der Waals surface area contributed by atoms with Crippen LogP contribution in [0.3, 0.4) is 0 Å². The standard InChI is InChI=1S/C27H15ClF3N3O/c1-14-12-17(27(29,30)31)23-20(13-14)33-18-9-4-6-15-7-5-10-19(22(15)18)34(26(33)32-23)24-16-8-2-3-11-21(16)35-25(24)28/h2-13H,1H3. The normalized spacial score (nSPS) is 12.7. The Morgan fingerprint density at radius 1 is 0.886 bits per heavy atom. The SMILES string of the molecule is Cc1cc(C(F)(F)F)c2nc3n(-c4c(Cl)oc5ccccc45)c4cccc5cccc(c54)n3c2c1. The topological polar surface area (TPSA) is 35.4 Å². The molecule has 8 heteroatoms. The van der Waals surface area contributed by atoms with Crippen molar-refractivity contribution in [1.82, 2.24) is 14.0 Å². The van der Waals surface area contributed by atoms with Gasteiger partial charge in [0.15, 0.2) is 0 Å². The van der Waals surface area contributed by atoms with Gasteiger partial charge >= 0.3 is 6.18 Å². The molecular formula is C27H15ClF3N3O. The molecule has 0 spiro atoms. The fraction of sp³-hybridized carbons (Fsp3) is 0.0741. The number of hydrogen-bond donors (Lipinski definition) is 0. The van der Waals surface area contributed by atoms with Gasteiger partial charge in [0, 0.05) is 10.8 Å². The minimum atomic E-state index is -4.56. The van der Waals surface area contributed by atoms with Crippen LogP contribution >= 0.6 is 11.6 Å². The van der Waals surface area contributed by atoms with Gasteiger partial charge in [-0.15, -0.1) is 0 Å². The van der Waals surface area contributed by atoms with E-state index in [1.54, 1.807) is 28.0 Å². The molecule has 0 saturated heterocycles. The van der Waals surface area contributed by atoms with Gasteiger partial charge in [0.2, 0.25) is 11.0 Å². The third-order valence-corrected chi connectivity index (χ3v) is 6.74. The summed E-state index contributed by atoms with van der Waals surface area (Å²) in [5, 5.41) is 2.71. The molecule has 0 amide bonds. The highest BCUT2D eigenvalue weighted by Crippen LogP contribution is 2.41. The van der Waals surface area contributed by atoms with E-state index in [4.69, 9.17) is 16.0 Å². The smallest absolute Gasteiger partial charge is 0.418 e. The Balaban J connectivity index is 1.82. The maximum absolute atomic E-state index is 14.1. The summed E-state index contributed by atoms with van der Waals surface area (Å²) in [5.74, 6) is 0.316. The van der Waals surface area contributed by atoms with Crippen molar-refractivity contribution in [3.63, 3.8) is 0 Å². The summed E-state index contributed by atoms with van der Waals surface area (Å²) in [6.07, 6.45) is -4.56. The molecule has 0 radical (unpaired) electrons. The van der Waals surface area contributed by atoms with Gasteiger partial charge in [-0.3, -0.25) is 8.97 Å². The second-order valence-corrected chi connectivity index (χ2v) is 8.98. The Hall–Kier alpha value is -3.97.